The average molecular weight is 507 g/mol. The second-order valence-corrected chi connectivity index (χ2v) is 9.68. The van der Waals surface area contributed by atoms with Crippen molar-refractivity contribution in [2.45, 2.75) is 43.4 Å². The lowest BCUT2D eigenvalue weighted by atomic mass is 9.94. The van der Waals surface area contributed by atoms with E-state index >= 15 is 0 Å². The van der Waals surface area contributed by atoms with Gasteiger partial charge in [0.1, 0.15) is 6.61 Å². The number of nitrogens with zero attached hydrogens (tertiary/aromatic N) is 2. The molecule has 1 fully saturated rings. The van der Waals surface area contributed by atoms with Crippen molar-refractivity contribution in [1.82, 2.24) is 9.88 Å². The second kappa shape index (κ2) is 8.94. The van der Waals surface area contributed by atoms with Gasteiger partial charge >= 0.3 is 12.3 Å². The molecule has 3 heterocycles. The number of carbonyl (C=O) groups excluding carboxylic acids is 1. The number of rotatable bonds is 4. The number of hydrogen-bond donors (Lipinski definition) is 0. The Bertz CT molecular complexity index is 1360. The first-order valence-corrected chi connectivity index (χ1v) is 12.3. The highest BCUT2D eigenvalue weighted by atomic mass is 19.4. The van der Waals surface area contributed by atoms with Crippen molar-refractivity contribution in [2.75, 3.05) is 13.7 Å². The molecule has 1 amide bonds. The maximum Gasteiger partial charge on any atom is 0.417 e. The van der Waals surface area contributed by atoms with Gasteiger partial charge in [-0.15, -0.1) is 0 Å². The molecule has 0 saturated carbocycles. The minimum Gasteiger partial charge on any atom is -0.481 e. The van der Waals surface area contributed by atoms with Crippen LogP contribution in [-0.2, 0) is 10.9 Å². The molecule has 5 nitrogen and oxygen atoms in total. The third kappa shape index (κ3) is 4.04. The molecule has 1 saturated heterocycles. The monoisotopic (exact) mass is 506 g/mol. The maximum absolute atomic E-state index is 13.3. The number of ether oxygens (including phenoxy) is 2. The maximum atomic E-state index is 13.3. The van der Waals surface area contributed by atoms with Gasteiger partial charge in [0.05, 0.1) is 18.7 Å². The highest BCUT2D eigenvalue weighted by molar-refractivity contribution is 5.80. The van der Waals surface area contributed by atoms with Crippen molar-refractivity contribution >= 4 is 11.7 Å². The smallest absolute Gasteiger partial charge is 0.417 e. The third-order valence-corrected chi connectivity index (χ3v) is 7.66. The molecule has 2 unspecified atom stereocenters. The third-order valence-electron chi connectivity index (χ3n) is 7.66. The summed E-state index contributed by atoms with van der Waals surface area (Å²) in [5, 5.41) is 0. The lowest BCUT2D eigenvalue weighted by Crippen LogP contribution is -2.43. The molecule has 0 radical (unpaired) electrons. The van der Waals surface area contributed by atoms with Crippen LogP contribution in [0.2, 0.25) is 0 Å². The normalized spacial score (nSPS) is 20.3. The zero-order valence-electron chi connectivity index (χ0n) is 20.2. The van der Waals surface area contributed by atoms with E-state index in [9.17, 15) is 18.0 Å². The van der Waals surface area contributed by atoms with Gasteiger partial charge in [-0.05, 0) is 53.2 Å². The van der Waals surface area contributed by atoms with E-state index in [1.165, 1.54) is 7.11 Å². The fourth-order valence-electron chi connectivity index (χ4n) is 5.98. The van der Waals surface area contributed by atoms with E-state index in [1.807, 2.05) is 30.3 Å². The number of methoxy groups -OCH3 is 1. The fraction of sp³-hybridized carbons (Fsp3) is 0.310. The van der Waals surface area contributed by atoms with E-state index in [1.54, 1.807) is 4.90 Å². The van der Waals surface area contributed by atoms with Gasteiger partial charge in [-0.1, -0.05) is 54.6 Å². The van der Waals surface area contributed by atoms with Crippen LogP contribution in [-0.4, -0.2) is 41.8 Å². The van der Waals surface area contributed by atoms with Crippen LogP contribution in [0.1, 0.15) is 47.4 Å². The standard InChI is InChI=1S/C29H25F3N2O3/c1-36-27-25(14-18(15-33-27)29(30,31)32)17-12-19-10-11-20(13-17)34(19)28(35)37-16-26-23-8-4-2-6-21(23)22-7-3-5-9-24(22)26/h2-9,12,14-15,19-20,26H,10-11,13,16H2,1H3. The number of carbonyl (C=O) groups is 1. The Morgan fingerprint density at radius 2 is 1.70 bits per heavy atom. The van der Waals surface area contributed by atoms with E-state index in [2.05, 4.69) is 29.2 Å². The van der Waals surface area contributed by atoms with E-state index in [-0.39, 0.29) is 30.5 Å². The van der Waals surface area contributed by atoms with Gasteiger partial charge in [-0.2, -0.15) is 13.2 Å². The highest BCUT2D eigenvalue weighted by Gasteiger charge is 2.42. The molecule has 6 rings (SSSR count). The molecule has 1 aromatic heterocycles. The zero-order chi connectivity index (χ0) is 25.7. The largest absolute Gasteiger partial charge is 0.481 e. The molecular formula is C29H25F3N2O3. The van der Waals surface area contributed by atoms with Crippen molar-refractivity contribution in [2.24, 2.45) is 0 Å². The van der Waals surface area contributed by atoms with Crippen LogP contribution >= 0.6 is 0 Å². The quantitative estimate of drug-likeness (QED) is 0.396. The Balaban J connectivity index is 1.22. The summed E-state index contributed by atoms with van der Waals surface area (Å²) >= 11 is 0. The van der Waals surface area contributed by atoms with Crippen LogP contribution in [0.15, 0.2) is 66.9 Å². The number of benzene rings is 2. The number of hydrogen-bond acceptors (Lipinski definition) is 4. The molecule has 2 bridgehead atoms. The first kappa shape index (κ1) is 23.6. The van der Waals surface area contributed by atoms with Crippen LogP contribution in [0.5, 0.6) is 5.88 Å². The molecule has 1 aliphatic carbocycles. The molecule has 2 aromatic carbocycles. The minimum atomic E-state index is -4.50. The van der Waals surface area contributed by atoms with Gasteiger partial charge in [0.2, 0.25) is 5.88 Å². The lowest BCUT2D eigenvalue weighted by molar-refractivity contribution is -0.137. The molecule has 0 spiro atoms. The topological polar surface area (TPSA) is 51.7 Å². The summed E-state index contributed by atoms with van der Waals surface area (Å²) in [5.41, 5.74) is 4.82. The van der Waals surface area contributed by atoms with Crippen LogP contribution in [0.4, 0.5) is 18.0 Å². The van der Waals surface area contributed by atoms with Crippen LogP contribution in [0.3, 0.4) is 0 Å². The van der Waals surface area contributed by atoms with Crippen molar-refractivity contribution < 1.29 is 27.4 Å². The van der Waals surface area contributed by atoms with Crippen molar-refractivity contribution in [3.8, 4) is 17.0 Å². The Morgan fingerprint density at radius 3 is 2.32 bits per heavy atom. The molecule has 8 heteroatoms. The number of amides is 1. The number of halogens is 3. The van der Waals surface area contributed by atoms with E-state index in [0.29, 0.717) is 17.6 Å². The predicted molar refractivity (Wildman–Crippen MR) is 132 cm³/mol. The predicted octanol–water partition coefficient (Wildman–Crippen LogP) is 6.68. The van der Waals surface area contributed by atoms with Gasteiger partial charge in [-0.25, -0.2) is 9.78 Å². The first-order valence-electron chi connectivity index (χ1n) is 12.3. The summed E-state index contributed by atoms with van der Waals surface area (Å²) in [7, 11) is 1.39. The van der Waals surface area contributed by atoms with Gasteiger partial charge in [-0.3, -0.25) is 4.90 Å². The van der Waals surface area contributed by atoms with Gasteiger partial charge in [0.25, 0.3) is 0 Å². The number of fused-ring (bicyclic) bond motifs is 5. The average Bonchev–Trinajstić information content (AvgIpc) is 3.36. The molecule has 190 valence electrons. The van der Waals surface area contributed by atoms with Crippen molar-refractivity contribution in [3.05, 3.63) is 89.1 Å². The molecule has 2 aliphatic heterocycles. The molecule has 3 aliphatic rings. The molecule has 0 N–H and O–H groups in total. The zero-order valence-corrected chi connectivity index (χ0v) is 20.2. The molecule has 37 heavy (non-hydrogen) atoms. The summed E-state index contributed by atoms with van der Waals surface area (Å²) in [6.07, 6.45) is -0.348. The number of alkyl halides is 3. The first-order chi connectivity index (χ1) is 17.8. The number of aromatic nitrogens is 1. The van der Waals surface area contributed by atoms with E-state index in [0.717, 1.165) is 47.4 Å². The summed E-state index contributed by atoms with van der Waals surface area (Å²) in [4.78, 5) is 18.9. The van der Waals surface area contributed by atoms with Gasteiger partial charge in [0.15, 0.2) is 0 Å². The number of pyridine rings is 1. The van der Waals surface area contributed by atoms with Crippen LogP contribution < -0.4 is 4.74 Å². The fourth-order valence-corrected chi connectivity index (χ4v) is 5.98. The van der Waals surface area contributed by atoms with Crippen LogP contribution in [0, 0.1) is 0 Å². The van der Waals surface area contributed by atoms with Gasteiger partial charge in [0, 0.05) is 23.7 Å². The summed E-state index contributed by atoms with van der Waals surface area (Å²) in [6.45, 7) is 0.227. The van der Waals surface area contributed by atoms with E-state index < -0.39 is 17.8 Å². The SMILES string of the molecule is COc1ncc(C(F)(F)F)cc1C1=CC2CCC(C1)N2C(=O)OCC1c2ccccc2-c2ccccc21. The van der Waals surface area contributed by atoms with Crippen molar-refractivity contribution in [3.63, 3.8) is 0 Å². The summed E-state index contributed by atoms with van der Waals surface area (Å²) in [5.74, 6) is 0.110. The minimum absolute atomic E-state index is 0.0367. The molecular weight excluding hydrogens is 481 g/mol. The van der Waals surface area contributed by atoms with E-state index in [4.69, 9.17) is 9.47 Å². The summed E-state index contributed by atoms with van der Waals surface area (Å²) in [6, 6.07) is 17.0. The Labute approximate surface area is 212 Å². The Morgan fingerprint density at radius 1 is 1.03 bits per heavy atom. The van der Waals surface area contributed by atoms with Crippen LogP contribution in [0.25, 0.3) is 16.7 Å². The van der Waals surface area contributed by atoms with Gasteiger partial charge < -0.3 is 9.47 Å². The molecule has 2 atom stereocenters. The van der Waals surface area contributed by atoms with Crippen molar-refractivity contribution in [1.29, 1.82) is 0 Å². The lowest BCUT2D eigenvalue weighted by Gasteiger charge is -2.34. The second-order valence-electron chi connectivity index (χ2n) is 9.68. The Hall–Kier alpha value is -3.81. The highest BCUT2D eigenvalue weighted by Crippen LogP contribution is 2.45. The Kier molecular flexibility index (Phi) is 5.70. The summed E-state index contributed by atoms with van der Waals surface area (Å²) < 4.78 is 51.1. The molecule has 3 aromatic rings.